The molecular weight excluding hydrogens is 172 g/mol. The Bertz CT molecular complexity index is 168. The van der Waals surface area contributed by atoms with Crippen LogP contribution < -0.4 is 0 Å². The van der Waals surface area contributed by atoms with Crippen LogP contribution in [0.15, 0.2) is 0 Å². The molecule has 0 bridgehead atoms. The van der Waals surface area contributed by atoms with Gasteiger partial charge in [0.1, 0.15) is 0 Å². The van der Waals surface area contributed by atoms with E-state index < -0.39 is 0 Å². The molecule has 0 amide bonds. The Morgan fingerprint density at radius 2 is 1.31 bits per heavy atom. The maximum atomic E-state index is 11.0. The van der Waals surface area contributed by atoms with E-state index in [4.69, 9.17) is 0 Å². The zero-order valence-electron chi connectivity index (χ0n) is 8.49. The molecule has 0 rings (SSSR count). The van der Waals surface area contributed by atoms with Crippen molar-refractivity contribution in [1.29, 1.82) is 0 Å². The second-order valence-corrected chi connectivity index (χ2v) is 3.08. The van der Waals surface area contributed by atoms with Gasteiger partial charge < -0.3 is 9.47 Å². The van der Waals surface area contributed by atoms with Gasteiger partial charge in [-0.05, 0) is 6.42 Å². The molecule has 0 saturated carbocycles. The first-order valence-electron chi connectivity index (χ1n) is 4.18. The zero-order valence-corrected chi connectivity index (χ0v) is 8.49. The molecule has 2 atom stereocenters. The van der Waals surface area contributed by atoms with Crippen LogP contribution in [0.2, 0.25) is 0 Å². The highest BCUT2D eigenvalue weighted by atomic mass is 16.5. The quantitative estimate of drug-likeness (QED) is 0.617. The third-order valence-electron chi connectivity index (χ3n) is 1.91. The fourth-order valence-electron chi connectivity index (χ4n) is 1.13. The molecule has 0 radical (unpaired) electrons. The van der Waals surface area contributed by atoms with Crippen LogP contribution in [0.25, 0.3) is 0 Å². The summed E-state index contributed by atoms with van der Waals surface area (Å²) in [7, 11) is 2.67. The summed E-state index contributed by atoms with van der Waals surface area (Å²) in [5.74, 6) is -1.12. The fourth-order valence-corrected chi connectivity index (χ4v) is 1.13. The molecule has 0 aliphatic heterocycles. The third kappa shape index (κ3) is 3.92. The zero-order chi connectivity index (χ0) is 10.4. The van der Waals surface area contributed by atoms with E-state index in [9.17, 15) is 9.59 Å². The number of hydrogen-bond donors (Lipinski definition) is 0. The van der Waals surface area contributed by atoms with Crippen LogP contribution in [0.5, 0.6) is 0 Å². The van der Waals surface area contributed by atoms with Crippen molar-refractivity contribution in [3.8, 4) is 0 Å². The molecule has 13 heavy (non-hydrogen) atoms. The van der Waals surface area contributed by atoms with Crippen molar-refractivity contribution in [3.05, 3.63) is 0 Å². The Hall–Kier alpha value is -1.06. The molecule has 0 spiro atoms. The summed E-state index contributed by atoms with van der Waals surface area (Å²) in [6.45, 7) is 3.45. The highest BCUT2D eigenvalue weighted by Gasteiger charge is 2.21. The van der Waals surface area contributed by atoms with Crippen molar-refractivity contribution in [3.63, 3.8) is 0 Å². The standard InChI is InChI=1S/C9H16O4/c1-6(8(10)12-3)5-7(2)9(11)13-4/h6-7H,5H2,1-4H3. The first-order chi connectivity index (χ1) is 6.02. The molecule has 0 saturated heterocycles. The number of carbonyl (C=O) groups is 2. The fraction of sp³-hybridized carbons (Fsp3) is 0.778. The Kier molecular flexibility index (Phi) is 5.11. The molecule has 2 unspecified atom stereocenters. The maximum Gasteiger partial charge on any atom is 0.308 e. The monoisotopic (exact) mass is 188 g/mol. The number of rotatable bonds is 4. The lowest BCUT2D eigenvalue weighted by atomic mass is 9.98. The molecule has 0 fully saturated rings. The Morgan fingerprint density at radius 1 is 1.00 bits per heavy atom. The second kappa shape index (κ2) is 5.56. The van der Waals surface area contributed by atoms with Gasteiger partial charge >= 0.3 is 11.9 Å². The second-order valence-electron chi connectivity index (χ2n) is 3.08. The lowest BCUT2D eigenvalue weighted by Crippen LogP contribution is -2.21. The van der Waals surface area contributed by atoms with E-state index in [1.807, 2.05) is 0 Å². The molecular formula is C9H16O4. The summed E-state index contributed by atoms with van der Waals surface area (Å²) in [5, 5.41) is 0. The molecule has 4 nitrogen and oxygen atoms in total. The summed E-state index contributed by atoms with van der Waals surface area (Å²) in [6.07, 6.45) is 0.458. The summed E-state index contributed by atoms with van der Waals surface area (Å²) in [6, 6.07) is 0. The van der Waals surface area contributed by atoms with Crippen LogP contribution in [-0.2, 0) is 19.1 Å². The molecule has 0 aliphatic carbocycles. The van der Waals surface area contributed by atoms with E-state index in [0.29, 0.717) is 6.42 Å². The average molecular weight is 188 g/mol. The normalized spacial score (nSPS) is 14.5. The number of ether oxygens (including phenoxy) is 2. The Labute approximate surface area is 78.2 Å². The van der Waals surface area contributed by atoms with Gasteiger partial charge in [-0.3, -0.25) is 9.59 Å². The summed E-state index contributed by atoms with van der Waals surface area (Å²) >= 11 is 0. The first-order valence-corrected chi connectivity index (χ1v) is 4.18. The number of carbonyl (C=O) groups excluding carboxylic acids is 2. The van der Waals surface area contributed by atoms with Gasteiger partial charge in [0, 0.05) is 0 Å². The van der Waals surface area contributed by atoms with E-state index in [0.717, 1.165) is 0 Å². The third-order valence-corrected chi connectivity index (χ3v) is 1.91. The lowest BCUT2D eigenvalue weighted by molar-refractivity contribution is -0.148. The minimum absolute atomic E-state index is 0.265. The molecule has 4 heteroatoms. The predicted molar refractivity (Wildman–Crippen MR) is 47.0 cm³/mol. The van der Waals surface area contributed by atoms with Crippen LogP contribution in [0.3, 0.4) is 0 Å². The van der Waals surface area contributed by atoms with E-state index >= 15 is 0 Å². The molecule has 0 aromatic carbocycles. The molecule has 0 aliphatic rings. The molecule has 0 aromatic rings. The van der Waals surface area contributed by atoms with Crippen LogP contribution in [-0.4, -0.2) is 26.2 Å². The van der Waals surface area contributed by atoms with Gasteiger partial charge in [0.15, 0.2) is 0 Å². The molecule has 0 N–H and O–H groups in total. The average Bonchev–Trinajstić information content (AvgIpc) is 2.14. The first kappa shape index (κ1) is 11.9. The van der Waals surface area contributed by atoms with Crippen LogP contribution in [0, 0.1) is 11.8 Å². The summed E-state index contributed by atoms with van der Waals surface area (Å²) < 4.78 is 9.07. The van der Waals surface area contributed by atoms with Crippen molar-refractivity contribution in [2.75, 3.05) is 14.2 Å². The molecule has 76 valence electrons. The minimum Gasteiger partial charge on any atom is -0.469 e. The van der Waals surface area contributed by atoms with Crippen molar-refractivity contribution >= 4 is 11.9 Å². The van der Waals surface area contributed by atoms with Crippen molar-refractivity contribution in [2.45, 2.75) is 20.3 Å². The molecule has 0 heterocycles. The van der Waals surface area contributed by atoms with E-state index in [2.05, 4.69) is 9.47 Å². The van der Waals surface area contributed by atoms with Gasteiger partial charge in [-0.25, -0.2) is 0 Å². The van der Waals surface area contributed by atoms with Crippen LogP contribution in [0.4, 0.5) is 0 Å². The van der Waals surface area contributed by atoms with Crippen LogP contribution >= 0.6 is 0 Å². The van der Waals surface area contributed by atoms with Gasteiger partial charge in [0.2, 0.25) is 0 Å². The Balaban J connectivity index is 3.98. The maximum absolute atomic E-state index is 11.0. The van der Waals surface area contributed by atoms with Gasteiger partial charge in [-0.2, -0.15) is 0 Å². The van der Waals surface area contributed by atoms with Gasteiger partial charge in [0.05, 0.1) is 26.1 Å². The SMILES string of the molecule is COC(=O)C(C)CC(C)C(=O)OC. The van der Waals surface area contributed by atoms with Gasteiger partial charge in [0.25, 0.3) is 0 Å². The number of methoxy groups -OCH3 is 2. The van der Waals surface area contributed by atoms with Crippen LogP contribution in [0.1, 0.15) is 20.3 Å². The van der Waals surface area contributed by atoms with E-state index in [-0.39, 0.29) is 23.8 Å². The number of hydrogen-bond acceptors (Lipinski definition) is 4. The largest absolute Gasteiger partial charge is 0.469 e. The number of esters is 2. The van der Waals surface area contributed by atoms with Crippen molar-refractivity contribution in [1.82, 2.24) is 0 Å². The lowest BCUT2D eigenvalue weighted by Gasteiger charge is -2.13. The highest BCUT2D eigenvalue weighted by Crippen LogP contribution is 2.13. The molecule has 0 aromatic heterocycles. The topological polar surface area (TPSA) is 52.6 Å². The summed E-state index contributed by atoms with van der Waals surface area (Å²) in [5.41, 5.74) is 0. The van der Waals surface area contributed by atoms with Crippen molar-refractivity contribution < 1.29 is 19.1 Å². The predicted octanol–water partition coefficient (Wildman–Crippen LogP) is 0.995. The van der Waals surface area contributed by atoms with Gasteiger partial charge in [-0.15, -0.1) is 0 Å². The van der Waals surface area contributed by atoms with E-state index in [1.54, 1.807) is 13.8 Å². The smallest absolute Gasteiger partial charge is 0.308 e. The van der Waals surface area contributed by atoms with Crippen molar-refractivity contribution in [2.24, 2.45) is 11.8 Å². The highest BCUT2D eigenvalue weighted by molar-refractivity contribution is 5.75. The Morgan fingerprint density at radius 3 is 1.54 bits per heavy atom. The minimum atomic E-state index is -0.296. The van der Waals surface area contributed by atoms with E-state index in [1.165, 1.54) is 14.2 Å². The van der Waals surface area contributed by atoms with Gasteiger partial charge in [-0.1, -0.05) is 13.8 Å². The summed E-state index contributed by atoms with van der Waals surface area (Å²) in [4.78, 5) is 22.0.